The molecular weight excluding hydrogens is 404 g/mol. The number of aryl methyl sites for hydroxylation is 1. The highest BCUT2D eigenvalue weighted by molar-refractivity contribution is 6.07. The van der Waals surface area contributed by atoms with Crippen LogP contribution in [-0.4, -0.2) is 78.4 Å². The van der Waals surface area contributed by atoms with Crippen LogP contribution in [0.4, 0.5) is 4.79 Å². The van der Waals surface area contributed by atoms with Crippen LogP contribution in [0.25, 0.3) is 0 Å². The van der Waals surface area contributed by atoms with Crippen molar-refractivity contribution < 1.29 is 14.4 Å². The van der Waals surface area contributed by atoms with Crippen LogP contribution in [0, 0.1) is 18.8 Å². The fraction of sp³-hybridized carbons (Fsp3) is 0.640. The number of nitrogens with one attached hydrogen (secondary N) is 1. The first-order valence-corrected chi connectivity index (χ1v) is 11.8. The lowest BCUT2D eigenvalue weighted by Gasteiger charge is -2.41. The molecule has 2 heterocycles. The Morgan fingerprint density at radius 2 is 1.84 bits per heavy atom. The zero-order valence-corrected chi connectivity index (χ0v) is 20.2. The average Bonchev–Trinajstić information content (AvgIpc) is 2.99. The number of likely N-dealkylation sites (tertiary alicyclic amines) is 1. The molecule has 0 spiro atoms. The van der Waals surface area contributed by atoms with E-state index < -0.39 is 5.54 Å². The predicted molar refractivity (Wildman–Crippen MR) is 125 cm³/mol. The highest BCUT2D eigenvalue weighted by Crippen LogP contribution is 2.37. The van der Waals surface area contributed by atoms with E-state index in [1.807, 2.05) is 64.0 Å². The minimum atomic E-state index is -0.950. The van der Waals surface area contributed by atoms with Crippen LogP contribution in [0.15, 0.2) is 24.3 Å². The Hall–Kier alpha value is -2.41. The van der Waals surface area contributed by atoms with Crippen molar-refractivity contribution in [2.24, 2.45) is 11.8 Å². The molecule has 2 saturated heterocycles. The fourth-order valence-electron chi connectivity index (χ4n) is 5.00. The van der Waals surface area contributed by atoms with Gasteiger partial charge in [0, 0.05) is 32.0 Å². The van der Waals surface area contributed by atoms with E-state index in [9.17, 15) is 14.4 Å². The first-order valence-electron chi connectivity index (χ1n) is 11.8. The lowest BCUT2D eigenvalue weighted by molar-refractivity contribution is -0.138. The smallest absolute Gasteiger partial charge is 0.325 e. The van der Waals surface area contributed by atoms with Crippen molar-refractivity contribution >= 4 is 17.8 Å². The number of hydrogen-bond acceptors (Lipinski definition) is 4. The summed E-state index contributed by atoms with van der Waals surface area (Å²) < 4.78 is 0. The highest BCUT2D eigenvalue weighted by atomic mass is 16.2. The van der Waals surface area contributed by atoms with Crippen LogP contribution in [0.2, 0.25) is 0 Å². The maximum absolute atomic E-state index is 13.8. The molecule has 0 unspecified atom stereocenters. The van der Waals surface area contributed by atoms with Gasteiger partial charge in [-0.15, -0.1) is 0 Å². The Morgan fingerprint density at radius 1 is 1.19 bits per heavy atom. The highest BCUT2D eigenvalue weighted by Gasteiger charge is 2.56. The topological polar surface area (TPSA) is 73.0 Å². The van der Waals surface area contributed by atoms with Crippen molar-refractivity contribution in [2.45, 2.75) is 52.0 Å². The minimum absolute atomic E-state index is 0.00591. The van der Waals surface area contributed by atoms with Crippen molar-refractivity contribution in [3.05, 3.63) is 35.4 Å². The summed E-state index contributed by atoms with van der Waals surface area (Å²) in [5.41, 5.74) is 1.25. The maximum Gasteiger partial charge on any atom is 0.325 e. The normalized spacial score (nSPS) is 22.2. The lowest BCUT2D eigenvalue weighted by Crippen LogP contribution is -2.58. The molecule has 4 amide bonds. The summed E-state index contributed by atoms with van der Waals surface area (Å²) in [4.78, 5) is 44.6. The monoisotopic (exact) mass is 442 g/mol. The quantitative estimate of drug-likeness (QED) is 0.629. The number of amides is 4. The number of carbonyl (C=O) groups is 3. The van der Waals surface area contributed by atoms with Gasteiger partial charge in [-0.3, -0.25) is 14.5 Å². The van der Waals surface area contributed by atoms with Crippen molar-refractivity contribution in [3.8, 4) is 0 Å². The van der Waals surface area contributed by atoms with E-state index in [1.165, 1.54) is 4.90 Å². The number of carbonyl (C=O) groups excluding carboxylic acids is 3. The Balaban J connectivity index is 1.85. The van der Waals surface area contributed by atoms with Gasteiger partial charge in [-0.25, -0.2) is 4.79 Å². The zero-order valence-electron chi connectivity index (χ0n) is 20.2. The molecule has 1 atom stereocenters. The maximum atomic E-state index is 13.8. The molecular formula is C25H38N4O3. The lowest BCUT2D eigenvalue weighted by atomic mass is 9.73. The molecule has 2 aliphatic heterocycles. The van der Waals surface area contributed by atoms with Crippen LogP contribution < -0.4 is 5.32 Å². The van der Waals surface area contributed by atoms with Crippen molar-refractivity contribution in [3.63, 3.8) is 0 Å². The molecule has 1 N–H and O–H groups in total. The molecule has 176 valence electrons. The van der Waals surface area contributed by atoms with E-state index in [2.05, 4.69) is 10.2 Å². The van der Waals surface area contributed by atoms with Gasteiger partial charge in [0.1, 0.15) is 5.54 Å². The summed E-state index contributed by atoms with van der Waals surface area (Å²) in [6, 6.07) is 7.77. The Morgan fingerprint density at radius 3 is 2.44 bits per heavy atom. The minimum Gasteiger partial charge on any atom is -0.342 e. The number of rotatable bonds is 8. The second-order valence-electron chi connectivity index (χ2n) is 9.87. The summed E-state index contributed by atoms with van der Waals surface area (Å²) in [5.74, 6) is 0.00254. The Kier molecular flexibility index (Phi) is 7.59. The van der Waals surface area contributed by atoms with E-state index in [0.717, 1.165) is 24.1 Å². The fourth-order valence-corrected chi connectivity index (χ4v) is 5.00. The molecule has 1 aromatic rings. The van der Waals surface area contributed by atoms with Gasteiger partial charge in [-0.2, -0.15) is 0 Å². The van der Waals surface area contributed by atoms with Gasteiger partial charge >= 0.3 is 6.03 Å². The van der Waals surface area contributed by atoms with Gasteiger partial charge in [-0.05, 0) is 63.9 Å². The third-order valence-corrected chi connectivity index (χ3v) is 6.92. The number of urea groups is 1. The second kappa shape index (κ2) is 10.0. The van der Waals surface area contributed by atoms with Crippen molar-refractivity contribution in [2.75, 3.05) is 40.3 Å². The molecule has 2 fully saturated rings. The van der Waals surface area contributed by atoms with Crippen LogP contribution in [0.3, 0.4) is 0 Å². The third kappa shape index (κ3) is 4.98. The standard InChI is InChI=1S/C25H38N4O3/c1-18(2)22(30)28-15-11-21(12-16-28)25(17-20-10-7-6-9-19(20)3)23(31)29(24(32)26-25)14-8-13-27(4)5/h6-7,9-10,18,21H,8,11-17H2,1-5H3,(H,26,32)/t25-/m0/s1. The molecule has 0 radical (unpaired) electrons. The van der Waals surface area contributed by atoms with Crippen LogP contribution in [0.1, 0.15) is 44.2 Å². The molecule has 0 aromatic heterocycles. The van der Waals surface area contributed by atoms with E-state index in [0.29, 0.717) is 38.9 Å². The summed E-state index contributed by atoms with van der Waals surface area (Å²) in [6.45, 7) is 8.37. The number of piperidine rings is 1. The van der Waals surface area contributed by atoms with Gasteiger partial charge in [0.05, 0.1) is 0 Å². The molecule has 7 nitrogen and oxygen atoms in total. The van der Waals surface area contributed by atoms with E-state index in [1.54, 1.807) is 0 Å². The van der Waals surface area contributed by atoms with Gasteiger partial charge < -0.3 is 15.1 Å². The Labute approximate surface area is 192 Å². The number of hydrogen-bond donors (Lipinski definition) is 1. The predicted octanol–water partition coefficient (Wildman–Crippen LogP) is 2.67. The summed E-state index contributed by atoms with van der Waals surface area (Å²) in [5, 5.41) is 3.14. The van der Waals surface area contributed by atoms with Crippen LogP contribution >= 0.6 is 0 Å². The molecule has 3 rings (SSSR count). The molecule has 1 aromatic carbocycles. The zero-order chi connectivity index (χ0) is 23.5. The number of benzene rings is 1. The summed E-state index contributed by atoms with van der Waals surface area (Å²) >= 11 is 0. The first-order chi connectivity index (χ1) is 15.2. The first kappa shape index (κ1) is 24.2. The van der Waals surface area contributed by atoms with Crippen LogP contribution in [0.5, 0.6) is 0 Å². The average molecular weight is 443 g/mol. The number of imide groups is 1. The van der Waals surface area contributed by atoms with Gasteiger partial charge in [0.2, 0.25) is 5.91 Å². The molecule has 32 heavy (non-hydrogen) atoms. The second-order valence-corrected chi connectivity index (χ2v) is 9.87. The molecule has 0 aliphatic carbocycles. The SMILES string of the molecule is Cc1ccccc1C[C@@]1(C2CCN(C(=O)C(C)C)CC2)NC(=O)N(CCCN(C)C)C1=O. The van der Waals surface area contributed by atoms with Gasteiger partial charge in [0.25, 0.3) is 5.91 Å². The summed E-state index contributed by atoms with van der Waals surface area (Å²) in [7, 11) is 3.97. The van der Waals surface area contributed by atoms with E-state index >= 15 is 0 Å². The summed E-state index contributed by atoms with van der Waals surface area (Å²) in [6.07, 6.45) is 2.65. The largest absolute Gasteiger partial charge is 0.342 e. The van der Waals surface area contributed by atoms with Gasteiger partial charge in [0.15, 0.2) is 0 Å². The molecule has 2 aliphatic rings. The molecule has 0 saturated carbocycles. The van der Waals surface area contributed by atoms with Gasteiger partial charge in [-0.1, -0.05) is 38.1 Å². The van der Waals surface area contributed by atoms with E-state index in [-0.39, 0.29) is 29.7 Å². The third-order valence-electron chi connectivity index (χ3n) is 6.92. The van der Waals surface area contributed by atoms with E-state index in [4.69, 9.17) is 0 Å². The molecule has 7 heteroatoms. The van der Waals surface area contributed by atoms with Crippen molar-refractivity contribution in [1.82, 2.24) is 20.0 Å². The Bertz CT molecular complexity index is 845. The van der Waals surface area contributed by atoms with Crippen LogP contribution in [-0.2, 0) is 16.0 Å². The molecule has 0 bridgehead atoms. The number of nitrogens with zero attached hydrogens (tertiary/aromatic N) is 3. The van der Waals surface area contributed by atoms with Crippen molar-refractivity contribution in [1.29, 1.82) is 0 Å².